The number of carbonyl (C=O) groups is 2. The molecule has 1 N–H and O–H groups in total. The number of imidazole rings is 1. The molecule has 4 rings (SSSR count). The van der Waals surface area contributed by atoms with Crippen molar-refractivity contribution in [1.82, 2.24) is 19.8 Å². The van der Waals surface area contributed by atoms with Crippen LogP contribution in [0.15, 0.2) is 24.3 Å². The molecular formula is C20H26N4O2. The van der Waals surface area contributed by atoms with Crippen molar-refractivity contribution in [3.63, 3.8) is 0 Å². The van der Waals surface area contributed by atoms with Crippen molar-refractivity contribution in [2.24, 2.45) is 13.0 Å². The number of amides is 2. The van der Waals surface area contributed by atoms with Crippen LogP contribution in [0.3, 0.4) is 0 Å². The third-order valence-corrected chi connectivity index (χ3v) is 5.82. The van der Waals surface area contributed by atoms with E-state index in [1.165, 1.54) is 12.8 Å². The molecule has 1 saturated heterocycles. The van der Waals surface area contributed by atoms with Crippen LogP contribution in [0.2, 0.25) is 0 Å². The normalized spacial score (nSPS) is 21.0. The first-order chi connectivity index (χ1) is 12.6. The lowest BCUT2D eigenvalue weighted by molar-refractivity contribution is -0.130. The van der Waals surface area contributed by atoms with Crippen molar-refractivity contribution in [2.75, 3.05) is 13.1 Å². The van der Waals surface area contributed by atoms with Crippen LogP contribution in [0.25, 0.3) is 11.0 Å². The summed E-state index contributed by atoms with van der Waals surface area (Å²) in [6.07, 6.45) is 5.62. The van der Waals surface area contributed by atoms with Crippen LogP contribution in [0, 0.1) is 5.92 Å². The minimum absolute atomic E-state index is 0.00221. The van der Waals surface area contributed by atoms with Gasteiger partial charge in [0.25, 0.3) is 0 Å². The summed E-state index contributed by atoms with van der Waals surface area (Å²) in [5.74, 6) is 0.898. The molecular weight excluding hydrogens is 328 g/mol. The van der Waals surface area contributed by atoms with Crippen LogP contribution < -0.4 is 5.32 Å². The fourth-order valence-corrected chi connectivity index (χ4v) is 4.34. The number of likely N-dealkylation sites (tertiary alicyclic amines) is 1. The third kappa shape index (κ3) is 3.20. The van der Waals surface area contributed by atoms with Crippen LogP contribution in [-0.4, -0.2) is 45.4 Å². The molecule has 0 spiro atoms. The number of hydrogen-bond acceptors (Lipinski definition) is 3. The molecule has 2 fully saturated rings. The van der Waals surface area contributed by atoms with Crippen molar-refractivity contribution in [3.8, 4) is 0 Å². The minimum atomic E-state index is -0.205. The number of benzene rings is 1. The number of nitrogens with zero attached hydrogens (tertiary/aromatic N) is 3. The molecule has 1 aromatic carbocycles. The second-order valence-electron chi connectivity index (χ2n) is 7.50. The summed E-state index contributed by atoms with van der Waals surface area (Å²) in [6, 6.07) is 8.39. The van der Waals surface area contributed by atoms with Crippen LogP contribution in [-0.2, 0) is 23.1 Å². The van der Waals surface area contributed by atoms with Crippen LogP contribution in [0.5, 0.6) is 0 Å². The largest absolute Gasteiger partial charge is 0.355 e. The molecule has 6 heteroatoms. The molecule has 2 aliphatic rings. The number of aromatic nitrogens is 2. The summed E-state index contributed by atoms with van der Waals surface area (Å²) in [6.45, 7) is 1.13. The highest BCUT2D eigenvalue weighted by Gasteiger charge is 2.38. The maximum Gasteiger partial charge on any atom is 0.225 e. The summed E-state index contributed by atoms with van der Waals surface area (Å²) in [5, 5.41) is 3.01. The maximum atomic E-state index is 12.5. The Kier molecular flexibility index (Phi) is 4.66. The van der Waals surface area contributed by atoms with E-state index in [2.05, 4.69) is 14.9 Å². The van der Waals surface area contributed by atoms with E-state index in [1.807, 2.05) is 36.2 Å². The number of carbonyl (C=O) groups excluding carboxylic acids is 2. The second-order valence-corrected chi connectivity index (χ2v) is 7.50. The molecule has 1 atom stereocenters. The molecule has 2 heterocycles. The van der Waals surface area contributed by atoms with Gasteiger partial charge in [0, 0.05) is 39.0 Å². The summed E-state index contributed by atoms with van der Waals surface area (Å²) in [5.41, 5.74) is 2.08. The van der Waals surface area contributed by atoms with Crippen molar-refractivity contribution >= 4 is 22.8 Å². The molecule has 2 aromatic rings. The van der Waals surface area contributed by atoms with E-state index in [-0.39, 0.29) is 17.7 Å². The van der Waals surface area contributed by atoms with Crippen molar-refractivity contribution < 1.29 is 9.59 Å². The first-order valence-corrected chi connectivity index (χ1v) is 9.61. The number of para-hydroxylation sites is 2. The minimum Gasteiger partial charge on any atom is -0.355 e. The van der Waals surface area contributed by atoms with Gasteiger partial charge in [0.05, 0.1) is 17.0 Å². The van der Waals surface area contributed by atoms with E-state index in [0.29, 0.717) is 32.0 Å². The van der Waals surface area contributed by atoms with E-state index in [9.17, 15) is 9.59 Å². The monoisotopic (exact) mass is 354 g/mol. The SMILES string of the molecule is Cn1c(CCNC(=O)C2CC(=O)N(C3CCCC3)C2)nc2ccccc21. The van der Waals surface area contributed by atoms with Gasteiger partial charge in [-0.15, -0.1) is 0 Å². The van der Waals surface area contributed by atoms with E-state index < -0.39 is 0 Å². The predicted octanol–water partition coefficient (Wildman–Crippen LogP) is 2.02. The Bertz CT molecular complexity index is 822. The molecule has 1 unspecified atom stereocenters. The van der Waals surface area contributed by atoms with E-state index in [1.54, 1.807) is 0 Å². The molecule has 2 amide bonds. The van der Waals surface area contributed by atoms with Gasteiger partial charge in [0.15, 0.2) is 0 Å². The third-order valence-electron chi connectivity index (χ3n) is 5.82. The second kappa shape index (κ2) is 7.09. The first-order valence-electron chi connectivity index (χ1n) is 9.61. The van der Waals surface area contributed by atoms with Gasteiger partial charge in [-0.3, -0.25) is 9.59 Å². The quantitative estimate of drug-likeness (QED) is 0.893. The number of aryl methyl sites for hydroxylation is 1. The van der Waals surface area contributed by atoms with Gasteiger partial charge in [0.2, 0.25) is 11.8 Å². The van der Waals surface area contributed by atoms with Crippen molar-refractivity contribution in [3.05, 3.63) is 30.1 Å². The molecule has 1 aliphatic heterocycles. The fourth-order valence-electron chi connectivity index (χ4n) is 4.34. The lowest BCUT2D eigenvalue weighted by Gasteiger charge is -2.23. The summed E-state index contributed by atoms with van der Waals surface area (Å²) >= 11 is 0. The van der Waals surface area contributed by atoms with E-state index in [0.717, 1.165) is 29.7 Å². The standard InChI is InChI=1S/C20H26N4O2/c1-23-17-9-5-4-8-16(17)22-18(23)10-11-21-20(26)14-12-19(25)24(13-14)15-6-2-3-7-15/h4-5,8-9,14-15H,2-3,6-7,10-13H2,1H3,(H,21,26). The zero-order valence-electron chi connectivity index (χ0n) is 15.3. The highest BCUT2D eigenvalue weighted by Crippen LogP contribution is 2.29. The van der Waals surface area contributed by atoms with Gasteiger partial charge in [-0.25, -0.2) is 4.98 Å². The Morgan fingerprint density at radius 3 is 2.81 bits per heavy atom. The van der Waals surface area contributed by atoms with Gasteiger partial charge in [0.1, 0.15) is 5.82 Å². The summed E-state index contributed by atoms with van der Waals surface area (Å²) in [7, 11) is 2.00. The Morgan fingerprint density at radius 2 is 2.04 bits per heavy atom. The molecule has 138 valence electrons. The Balaban J connectivity index is 1.31. The van der Waals surface area contributed by atoms with Crippen molar-refractivity contribution in [2.45, 2.75) is 44.6 Å². The highest BCUT2D eigenvalue weighted by molar-refractivity contribution is 5.89. The van der Waals surface area contributed by atoms with E-state index >= 15 is 0 Å². The Morgan fingerprint density at radius 1 is 1.27 bits per heavy atom. The molecule has 0 radical (unpaired) electrons. The lowest BCUT2D eigenvalue weighted by Crippen LogP contribution is -2.37. The average molecular weight is 354 g/mol. The van der Waals surface area contributed by atoms with Gasteiger partial charge in [-0.1, -0.05) is 25.0 Å². The van der Waals surface area contributed by atoms with Gasteiger partial charge >= 0.3 is 0 Å². The predicted molar refractivity (Wildman–Crippen MR) is 99.5 cm³/mol. The molecule has 1 saturated carbocycles. The number of rotatable bonds is 5. The topological polar surface area (TPSA) is 67.2 Å². The zero-order valence-corrected chi connectivity index (χ0v) is 15.3. The van der Waals surface area contributed by atoms with Crippen LogP contribution >= 0.6 is 0 Å². The van der Waals surface area contributed by atoms with Gasteiger partial charge in [-0.2, -0.15) is 0 Å². The zero-order chi connectivity index (χ0) is 18.1. The molecule has 0 bridgehead atoms. The number of fused-ring (bicyclic) bond motifs is 1. The van der Waals surface area contributed by atoms with Crippen LogP contribution in [0.4, 0.5) is 0 Å². The summed E-state index contributed by atoms with van der Waals surface area (Å²) in [4.78, 5) is 31.3. The van der Waals surface area contributed by atoms with E-state index in [4.69, 9.17) is 0 Å². The molecule has 1 aliphatic carbocycles. The van der Waals surface area contributed by atoms with Gasteiger partial charge in [-0.05, 0) is 25.0 Å². The Hall–Kier alpha value is -2.37. The molecule has 1 aromatic heterocycles. The first kappa shape index (κ1) is 17.1. The smallest absolute Gasteiger partial charge is 0.225 e. The Labute approximate surface area is 153 Å². The highest BCUT2D eigenvalue weighted by atomic mass is 16.2. The fraction of sp³-hybridized carbons (Fsp3) is 0.550. The summed E-state index contributed by atoms with van der Waals surface area (Å²) < 4.78 is 2.07. The molecule has 26 heavy (non-hydrogen) atoms. The number of nitrogens with one attached hydrogen (secondary N) is 1. The van der Waals surface area contributed by atoms with Gasteiger partial charge < -0.3 is 14.8 Å². The van der Waals surface area contributed by atoms with Crippen LogP contribution in [0.1, 0.15) is 37.9 Å². The van der Waals surface area contributed by atoms with Crippen molar-refractivity contribution in [1.29, 1.82) is 0 Å². The molecule has 6 nitrogen and oxygen atoms in total. The lowest BCUT2D eigenvalue weighted by atomic mass is 10.1. The maximum absolute atomic E-state index is 12.5. The average Bonchev–Trinajstić information content (AvgIpc) is 3.35. The number of hydrogen-bond donors (Lipinski definition) is 1.